The van der Waals surface area contributed by atoms with Gasteiger partial charge in [0.2, 0.25) is 0 Å². The molecule has 2 nitrogen and oxygen atoms in total. The second-order valence-corrected chi connectivity index (χ2v) is 0.775. The summed E-state index contributed by atoms with van der Waals surface area (Å²) in [5.41, 5.74) is 4.99. The van der Waals surface area contributed by atoms with Crippen molar-refractivity contribution in [3.63, 3.8) is 0 Å². The van der Waals surface area contributed by atoms with Gasteiger partial charge in [-0.05, 0) is 0 Å². The van der Waals surface area contributed by atoms with E-state index in [9.17, 15) is 0 Å². The molecule has 3 N–H and O–H groups in total. The van der Waals surface area contributed by atoms with Gasteiger partial charge in [-0.2, -0.15) is 0 Å². The fourth-order valence-electron chi connectivity index (χ4n) is 0. The van der Waals surface area contributed by atoms with E-state index < -0.39 is 0 Å². The Morgan fingerprint density at radius 1 is 1.57 bits per heavy atom. The highest BCUT2D eigenvalue weighted by atomic mass is 14.9. The minimum Gasteiger partial charge on any atom is -0.386 e. The fourth-order valence-corrected chi connectivity index (χ4v) is 0. The summed E-state index contributed by atoms with van der Waals surface area (Å²) in [6.45, 7) is 9.34. The molecule has 2 heteroatoms. The van der Waals surface area contributed by atoms with Gasteiger partial charge >= 0.3 is 0 Å². The quantitative estimate of drug-likeness (QED) is 0.469. The molecule has 0 saturated carbocycles. The topological polar surface area (TPSA) is 38.0 Å². The molecule has 0 aliphatic carbocycles. The van der Waals surface area contributed by atoms with Gasteiger partial charge in [-0.1, -0.05) is 6.58 Å². The van der Waals surface area contributed by atoms with Crippen molar-refractivity contribution in [2.45, 2.75) is 0 Å². The van der Waals surface area contributed by atoms with Crippen molar-refractivity contribution in [2.24, 2.45) is 5.73 Å². The van der Waals surface area contributed by atoms with Crippen LogP contribution in [0.2, 0.25) is 0 Å². The molecule has 0 radical (unpaired) electrons. The molecule has 0 saturated heterocycles. The molecular formula is C5H12N2. The molecule has 0 aromatic rings. The van der Waals surface area contributed by atoms with Crippen molar-refractivity contribution in [1.82, 2.24) is 5.32 Å². The van der Waals surface area contributed by atoms with Crippen LogP contribution < -0.4 is 11.1 Å². The monoisotopic (exact) mass is 100 g/mol. The first kappa shape index (κ1) is 9.43. The van der Waals surface area contributed by atoms with Gasteiger partial charge in [0.25, 0.3) is 0 Å². The summed E-state index contributed by atoms with van der Waals surface area (Å²) in [7, 11) is 1.72. The van der Waals surface area contributed by atoms with Gasteiger partial charge in [-0.25, -0.2) is 0 Å². The average molecular weight is 100 g/mol. The maximum absolute atomic E-state index is 4.99. The van der Waals surface area contributed by atoms with E-state index in [1.54, 1.807) is 7.05 Å². The molecule has 0 amide bonds. The van der Waals surface area contributed by atoms with E-state index in [1.807, 2.05) is 0 Å². The van der Waals surface area contributed by atoms with Crippen LogP contribution in [0.5, 0.6) is 0 Å². The lowest BCUT2D eigenvalue weighted by molar-refractivity contribution is 0.974. The fraction of sp³-hybridized carbons (Fsp3) is 0.200. The Balaban J connectivity index is 0. The summed E-state index contributed by atoms with van der Waals surface area (Å²) >= 11 is 0. The summed E-state index contributed by atoms with van der Waals surface area (Å²) in [5, 5.41) is 2.61. The number of hydrogen-bond donors (Lipinski definition) is 2. The third-order valence-corrected chi connectivity index (χ3v) is 0.321. The zero-order valence-corrected chi connectivity index (χ0v) is 4.70. The minimum absolute atomic E-state index is 0.505. The molecule has 0 aliphatic rings. The van der Waals surface area contributed by atoms with Crippen LogP contribution in [0.15, 0.2) is 25.6 Å². The Hall–Kier alpha value is -0.920. The largest absolute Gasteiger partial charge is 0.386 e. The SMILES string of the molecule is C=C.C=C(N)NC. The zero-order chi connectivity index (χ0) is 6.28. The Labute approximate surface area is 44.7 Å². The average Bonchev–Trinajstić information content (AvgIpc) is 1.73. The number of nitrogens with two attached hydrogens (primary N) is 1. The second-order valence-electron chi connectivity index (χ2n) is 0.775. The van der Waals surface area contributed by atoms with Crippen LogP contribution in [0.25, 0.3) is 0 Å². The van der Waals surface area contributed by atoms with Crippen LogP contribution in [-0.2, 0) is 0 Å². The number of hydrogen-bond acceptors (Lipinski definition) is 2. The van der Waals surface area contributed by atoms with Gasteiger partial charge in [0.05, 0.1) is 5.82 Å². The molecule has 0 aromatic carbocycles. The standard InChI is InChI=1S/C3H8N2.C2H4/c1-3(4)5-2;1-2/h5H,1,4H2,2H3;1-2H2. The maximum atomic E-state index is 4.99. The van der Waals surface area contributed by atoms with Gasteiger partial charge in [0.15, 0.2) is 0 Å². The van der Waals surface area contributed by atoms with Crippen molar-refractivity contribution in [3.8, 4) is 0 Å². The molecular weight excluding hydrogens is 88.1 g/mol. The Morgan fingerprint density at radius 3 is 1.71 bits per heavy atom. The van der Waals surface area contributed by atoms with Crippen LogP contribution in [0, 0.1) is 0 Å². The van der Waals surface area contributed by atoms with Crippen LogP contribution in [0.4, 0.5) is 0 Å². The van der Waals surface area contributed by atoms with E-state index in [4.69, 9.17) is 5.73 Å². The van der Waals surface area contributed by atoms with Crippen molar-refractivity contribution in [3.05, 3.63) is 25.6 Å². The second kappa shape index (κ2) is 8.91. The van der Waals surface area contributed by atoms with Gasteiger partial charge in [-0.3, -0.25) is 0 Å². The lowest BCUT2D eigenvalue weighted by Gasteiger charge is -1.88. The third-order valence-electron chi connectivity index (χ3n) is 0.321. The van der Waals surface area contributed by atoms with E-state index in [2.05, 4.69) is 25.1 Å². The van der Waals surface area contributed by atoms with Gasteiger partial charge < -0.3 is 11.1 Å². The van der Waals surface area contributed by atoms with Crippen molar-refractivity contribution >= 4 is 0 Å². The van der Waals surface area contributed by atoms with Crippen molar-refractivity contribution < 1.29 is 0 Å². The Morgan fingerprint density at radius 2 is 1.71 bits per heavy atom. The molecule has 0 unspecified atom stereocenters. The van der Waals surface area contributed by atoms with E-state index in [0.717, 1.165) is 0 Å². The molecule has 0 fully saturated rings. The highest BCUT2D eigenvalue weighted by Crippen LogP contribution is 1.52. The number of nitrogens with one attached hydrogen (secondary N) is 1. The molecule has 0 heterocycles. The molecule has 0 aromatic heterocycles. The Bertz CT molecular complexity index is 50.0. The van der Waals surface area contributed by atoms with Gasteiger partial charge in [-0.15, -0.1) is 13.2 Å². The van der Waals surface area contributed by atoms with Gasteiger partial charge in [0, 0.05) is 7.05 Å². The highest BCUT2D eigenvalue weighted by Gasteiger charge is 1.62. The molecule has 0 bridgehead atoms. The Kier molecular flexibility index (Phi) is 12.0. The molecule has 0 spiro atoms. The van der Waals surface area contributed by atoms with Crippen molar-refractivity contribution in [2.75, 3.05) is 7.05 Å². The molecule has 42 valence electrons. The summed E-state index contributed by atoms with van der Waals surface area (Å²) in [6.07, 6.45) is 0. The predicted molar refractivity (Wildman–Crippen MR) is 33.6 cm³/mol. The first-order chi connectivity index (χ1) is 3.27. The van der Waals surface area contributed by atoms with Crippen LogP contribution in [0.1, 0.15) is 0 Å². The molecule has 0 aliphatic heterocycles. The third kappa shape index (κ3) is 41.3. The first-order valence-electron chi connectivity index (χ1n) is 1.89. The summed E-state index contributed by atoms with van der Waals surface area (Å²) in [4.78, 5) is 0. The summed E-state index contributed by atoms with van der Waals surface area (Å²) < 4.78 is 0. The summed E-state index contributed by atoms with van der Waals surface area (Å²) in [5.74, 6) is 0.505. The highest BCUT2D eigenvalue weighted by molar-refractivity contribution is 4.78. The zero-order valence-electron chi connectivity index (χ0n) is 4.70. The van der Waals surface area contributed by atoms with Crippen molar-refractivity contribution in [1.29, 1.82) is 0 Å². The molecule has 7 heavy (non-hydrogen) atoms. The van der Waals surface area contributed by atoms with Gasteiger partial charge in [0.1, 0.15) is 0 Å². The van der Waals surface area contributed by atoms with Crippen LogP contribution >= 0.6 is 0 Å². The molecule has 0 rings (SSSR count). The van der Waals surface area contributed by atoms with E-state index >= 15 is 0 Å². The van der Waals surface area contributed by atoms with Crippen LogP contribution in [-0.4, -0.2) is 7.05 Å². The van der Waals surface area contributed by atoms with E-state index in [0.29, 0.717) is 5.82 Å². The normalized spacial score (nSPS) is 5.29. The smallest absolute Gasteiger partial charge is 0.0883 e. The van der Waals surface area contributed by atoms with Crippen LogP contribution in [0.3, 0.4) is 0 Å². The lowest BCUT2D eigenvalue weighted by atomic mass is 10.8. The number of rotatable bonds is 1. The van der Waals surface area contributed by atoms with E-state index in [1.165, 1.54) is 0 Å². The first-order valence-corrected chi connectivity index (χ1v) is 1.89. The molecule has 0 atom stereocenters. The van der Waals surface area contributed by atoms with E-state index in [-0.39, 0.29) is 0 Å². The summed E-state index contributed by atoms with van der Waals surface area (Å²) in [6, 6.07) is 0. The maximum Gasteiger partial charge on any atom is 0.0883 e. The predicted octanol–water partition coefficient (Wildman–Crippen LogP) is 0.438. The lowest BCUT2D eigenvalue weighted by Crippen LogP contribution is -2.11. The minimum atomic E-state index is 0.505.